The lowest BCUT2D eigenvalue weighted by Gasteiger charge is -2.33. The van der Waals surface area contributed by atoms with Crippen molar-refractivity contribution in [3.05, 3.63) is 29.8 Å². The molecular formula is C18H30ClN3O. The predicted octanol–water partition coefficient (Wildman–Crippen LogP) is 2.38. The van der Waals surface area contributed by atoms with Crippen LogP contribution in [0.1, 0.15) is 18.9 Å². The Morgan fingerprint density at radius 2 is 2.00 bits per heavy atom. The quantitative estimate of drug-likeness (QED) is 0.891. The van der Waals surface area contributed by atoms with Crippen LogP contribution in [0.4, 0.5) is 5.69 Å². The van der Waals surface area contributed by atoms with Gasteiger partial charge in [-0.3, -0.25) is 0 Å². The summed E-state index contributed by atoms with van der Waals surface area (Å²) < 4.78 is 5.49. The molecule has 130 valence electrons. The van der Waals surface area contributed by atoms with Gasteiger partial charge in [-0.2, -0.15) is 0 Å². The number of morpholine rings is 1. The molecule has 3 rings (SSSR count). The number of benzene rings is 1. The maximum atomic E-state index is 5.49. The Kier molecular flexibility index (Phi) is 6.72. The standard InChI is InChI=1S/C18H29N3O.ClH/c1-18(7-8-19-14-18)15-20(2)13-16-5-3-4-6-17(16)21-9-11-22-12-10-21;/h3-6,19H,7-15H2,1-2H3;1H. The monoisotopic (exact) mass is 339 g/mol. The third kappa shape index (κ3) is 4.83. The van der Waals surface area contributed by atoms with Crippen LogP contribution in [0.5, 0.6) is 0 Å². The number of halogens is 1. The third-order valence-corrected chi connectivity index (χ3v) is 4.89. The Balaban J connectivity index is 0.00000192. The zero-order valence-electron chi connectivity index (χ0n) is 14.4. The molecule has 0 bridgehead atoms. The second-order valence-electron chi connectivity index (χ2n) is 7.14. The molecule has 5 heteroatoms. The Hall–Kier alpha value is -0.810. The van der Waals surface area contributed by atoms with Gasteiger partial charge in [0.25, 0.3) is 0 Å². The van der Waals surface area contributed by atoms with Crippen molar-refractivity contribution in [1.29, 1.82) is 0 Å². The second-order valence-corrected chi connectivity index (χ2v) is 7.14. The van der Waals surface area contributed by atoms with Gasteiger partial charge in [-0.25, -0.2) is 0 Å². The molecule has 0 radical (unpaired) electrons. The summed E-state index contributed by atoms with van der Waals surface area (Å²) in [7, 11) is 2.25. The van der Waals surface area contributed by atoms with Gasteiger partial charge in [-0.15, -0.1) is 12.4 Å². The van der Waals surface area contributed by atoms with Crippen molar-refractivity contribution in [1.82, 2.24) is 10.2 Å². The van der Waals surface area contributed by atoms with Crippen molar-refractivity contribution < 1.29 is 4.74 Å². The molecule has 0 amide bonds. The highest BCUT2D eigenvalue weighted by Crippen LogP contribution is 2.27. The van der Waals surface area contributed by atoms with E-state index in [1.165, 1.54) is 17.7 Å². The first kappa shape index (κ1) is 18.5. The lowest BCUT2D eigenvalue weighted by molar-refractivity contribution is 0.122. The number of hydrogen-bond donors (Lipinski definition) is 1. The summed E-state index contributed by atoms with van der Waals surface area (Å²) in [6, 6.07) is 8.84. The number of ether oxygens (including phenoxy) is 1. The van der Waals surface area contributed by atoms with Crippen molar-refractivity contribution in [2.75, 3.05) is 57.9 Å². The van der Waals surface area contributed by atoms with Crippen molar-refractivity contribution in [2.24, 2.45) is 5.41 Å². The summed E-state index contributed by atoms with van der Waals surface area (Å²) in [5, 5.41) is 3.50. The first-order valence-electron chi connectivity index (χ1n) is 8.46. The van der Waals surface area contributed by atoms with Crippen LogP contribution in [-0.2, 0) is 11.3 Å². The van der Waals surface area contributed by atoms with Crippen LogP contribution in [0, 0.1) is 5.41 Å². The molecule has 4 nitrogen and oxygen atoms in total. The van der Waals surface area contributed by atoms with Gasteiger partial charge in [0.15, 0.2) is 0 Å². The molecule has 0 aliphatic carbocycles. The topological polar surface area (TPSA) is 27.7 Å². The number of anilines is 1. The maximum absolute atomic E-state index is 5.49. The summed E-state index contributed by atoms with van der Waals surface area (Å²) in [5.41, 5.74) is 3.23. The van der Waals surface area contributed by atoms with Crippen molar-refractivity contribution in [3.8, 4) is 0 Å². The van der Waals surface area contributed by atoms with E-state index >= 15 is 0 Å². The summed E-state index contributed by atoms with van der Waals surface area (Å²) >= 11 is 0. The largest absolute Gasteiger partial charge is 0.378 e. The number of nitrogens with one attached hydrogen (secondary N) is 1. The summed E-state index contributed by atoms with van der Waals surface area (Å²) in [6.07, 6.45) is 1.28. The summed E-state index contributed by atoms with van der Waals surface area (Å²) in [4.78, 5) is 4.94. The molecule has 0 spiro atoms. The molecule has 1 atom stereocenters. The summed E-state index contributed by atoms with van der Waals surface area (Å²) in [6.45, 7) is 10.6. The molecule has 2 heterocycles. The minimum absolute atomic E-state index is 0. The summed E-state index contributed by atoms with van der Waals surface area (Å²) in [5.74, 6) is 0. The second kappa shape index (κ2) is 8.34. The smallest absolute Gasteiger partial charge is 0.0642 e. The maximum Gasteiger partial charge on any atom is 0.0642 e. The van der Waals surface area contributed by atoms with E-state index in [4.69, 9.17) is 4.74 Å². The van der Waals surface area contributed by atoms with Gasteiger partial charge in [-0.1, -0.05) is 25.1 Å². The molecule has 0 saturated carbocycles. The van der Waals surface area contributed by atoms with Crippen molar-refractivity contribution in [3.63, 3.8) is 0 Å². The van der Waals surface area contributed by atoms with Crippen LogP contribution in [0.25, 0.3) is 0 Å². The fourth-order valence-corrected chi connectivity index (χ4v) is 3.76. The predicted molar refractivity (Wildman–Crippen MR) is 98.6 cm³/mol. The molecule has 0 aromatic heterocycles. The van der Waals surface area contributed by atoms with E-state index < -0.39 is 0 Å². The van der Waals surface area contributed by atoms with Crippen LogP contribution in [0.15, 0.2) is 24.3 Å². The van der Waals surface area contributed by atoms with E-state index in [1.807, 2.05) is 0 Å². The van der Waals surface area contributed by atoms with Gasteiger partial charge in [0, 0.05) is 38.4 Å². The lowest BCUT2D eigenvalue weighted by atomic mass is 9.89. The van der Waals surface area contributed by atoms with E-state index in [0.717, 1.165) is 52.5 Å². The Morgan fingerprint density at radius 3 is 2.70 bits per heavy atom. The van der Waals surface area contributed by atoms with Gasteiger partial charge < -0.3 is 19.9 Å². The molecular weight excluding hydrogens is 310 g/mol. The number of rotatable bonds is 5. The minimum atomic E-state index is 0. The zero-order chi connectivity index (χ0) is 15.4. The molecule has 23 heavy (non-hydrogen) atoms. The van der Waals surface area contributed by atoms with Crippen molar-refractivity contribution in [2.45, 2.75) is 19.9 Å². The SMILES string of the molecule is CN(Cc1ccccc1N1CCOCC1)CC1(C)CCNC1.Cl. The van der Waals surface area contributed by atoms with Gasteiger partial charge in [-0.05, 0) is 37.1 Å². The highest BCUT2D eigenvalue weighted by atomic mass is 35.5. The minimum Gasteiger partial charge on any atom is -0.378 e. The Labute approximate surface area is 146 Å². The first-order chi connectivity index (χ1) is 10.7. The van der Waals surface area contributed by atoms with Gasteiger partial charge >= 0.3 is 0 Å². The molecule has 1 aromatic carbocycles. The fourth-order valence-electron chi connectivity index (χ4n) is 3.76. The van der Waals surface area contributed by atoms with Crippen LogP contribution < -0.4 is 10.2 Å². The Morgan fingerprint density at radius 1 is 1.26 bits per heavy atom. The van der Waals surface area contributed by atoms with E-state index in [9.17, 15) is 0 Å². The molecule has 2 aliphatic rings. The van der Waals surface area contributed by atoms with Crippen LogP contribution in [0.3, 0.4) is 0 Å². The molecule has 1 aromatic rings. The normalized spacial score (nSPS) is 24.7. The molecule has 2 aliphatic heterocycles. The van der Waals surface area contributed by atoms with Crippen LogP contribution in [0.2, 0.25) is 0 Å². The Bertz CT molecular complexity index is 485. The lowest BCUT2D eigenvalue weighted by Crippen LogP contribution is -2.38. The number of nitrogens with zero attached hydrogens (tertiary/aromatic N) is 2. The molecule has 1 unspecified atom stereocenters. The van der Waals surface area contributed by atoms with Crippen LogP contribution >= 0.6 is 12.4 Å². The zero-order valence-corrected chi connectivity index (χ0v) is 15.2. The van der Waals surface area contributed by atoms with Gasteiger partial charge in [0.2, 0.25) is 0 Å². The number of hydrogen-bond acceptors (Lipinski definition) is 4. The molecule has 2 fully saturated rings. The van der Waals surface area contributed by atoms with E-state index in [1.54, 1.807) is 0 Å². The first-order valence-corrected chi connectivity index (χ1v) is 8.46. The van der Waals surface area contributed by atoms with Gasteiger partial charge in [0.05, 0.1) is 13.2 Å². The fraction of sp³-hybridized carbons (Fsp3) is 0.667. The van der Waals surface area contributed by atoms with E-state index in [2.05, 4.69) is 53.4 Å². The van der Waals surface area contributed by atoms with E-state index in [0.29, 0.717) is 5.41 Å². The number of para-hydroxylation sites is 1. The van der Waals surface area contributed by atoms with E-state index in [-0.39, 0.29) is 12.4 Å². The van der Waals surface area contributed by atoms with Crippen LogP contribution in [-0.4, -0.2) is 57.9 Å². The van der Waals surface area contributed by atoms with Gasteiger partial charge in [0.1, 0.15) is 0 Å². The molecule has 1 N–H and O–H groups in total. The van der Waals surface area contributed by atoms with Crippen molar-refractivity contribution >= 4 is 18.1 Å². The highest BCUT2D eigenvalue weighted by molar-refractivity contribution is 5.85. The highest BCUT2D eigenvalue weighted by Gasteiger charge is 2.29. The third-order valence-electron chi connectivity index (χ3n) is 4.89. The molecule has 2 saturated heterocycles. The average molecular weight is 340 g/mol. The average Bonchev–Trinajstić information content (AvgIpc) is 2.94.